The molecule has 1 fully saturated rings. The molecular weight excluding hydrogens is 552 g/mol. The number of nitrogens with zero attached hydrogens (tertiary/aromatic N) is 5. The SMILES string of the molecule is Cc1cc(C)nc(N/C(=N/C(=S)Nc2ccccc2C)N2CCN(C(c3ccc(F)cc3)c3ccc(F)cc3)CC2)n1. The molecule has 42 heavy (non-hydrogen) atoms. The number of guanidine groups is 1. The molecule has 1 aliphatic heterocycles. The lowest BCUT2D eigenvalue weighted by Crippen LogP contribution is -2.52. The van der Waals surface area contributed by atoms with E-state index in [1.54, 1.807) is 24.3 Å². The topological polar surface area (TPSA) is 68.7 Å². The predicted octanol–water partition coefficient (Wildman–Crippen LogP) is 6.25. The summed E-state index contributed by atoms with van der Waals surface area (Å²) in [6, 6.07) is 22.6. The van der Waals surface area contributed by atoms with Crippen molar-refractivity contribution in [3.05, 3.63) is 119 Å². The standard InChI is InChI=1S/C32H33F2N7S/c1-21-6-4-5-7-28(21)37-32(42)39-31(38-30-35-22(2)20-23(3)36-30)41-18-16-40(17-19-41)29(24-8-12-26(33)13-9-24)25-10-14-27(34)15-11-25/h4-15,20,29H,16-19H2,1-3H3,(H2,35,36,37,38,39,42). The molecule has 1 saturated heterocycles. The Bertz CT molecular complexity index is 1500. The Kier molecular flexibility index (Phi) is 9.14. The average molecular weight is 586 g/mol. The maximum Gasteiger partial charge on any atom is 0.229 e. The normalized spacial score (nSPS) is 14.2. The van der Waals surface area contributed by atoms with Crippen LogP contribution in [-0.2, 0) is 0 Å². The number of halogens is 2. The van der Waals surface area contributed by atoms with Crippen molar-refractivity contribution in [2.75, 3.05) is 36.8 Å². The van der Waals surface area contributed by atoms with Crippen molar-refractivity contribution in [2.45, 2.75) is 26.8 Å². The molecule has 0 atom stereocenters. The molecule has 0 unspecified atom stereocenters. The number of aryl methyl sites for hydroxylation is 3. The van der Waals surface area contributed by atoms with Gasteiger partial charge in [0.2, 0.25) is 17.0 Å². The third-order valence-electron chi connectivity index (χ3n) is 7.15. The minimum atomic E-state index is -0.294. The monoisotopic (exact) mass is 585 g/mol. The number of aromatic nitrogens is 2. The Hall–Kier alpha value is -4.28. The number of hydrogen-bond acceptors (Lipinski definition) is 4. The number of nitrogens with one attached hydrogen (secondary N) is 2. The summed E-state index contributed by atoms with van der Waals surface area (Å²) in [4.78, 5) is 18.3. The number of rotatable bonds is 5. The molecule has 0 spiro atoms. The minimum absolute atomic E-state index is 0.159. The van der Waals surface area contributed by atoms with Crippen LogP contribution in [0.1, 0.15) is 34.1 Å². The quantitative estimate of drug-likeness (QED) is 0.163. The van der Waals surface area contributed by atoms with Crippen LogP contribution in [0.4, 0.5) is 20.4 Å². The van der Waals surface area contributed by atoms with Crippen LogP contribution in [0.25, 0.3) is 0 Å². The maximum atomic E-state index is 13.8. The summed E-state index contributed by atoms with van der Waals surface area (Å²) in [5.41, 5.74) is 5.52. The Morgan fingerprint density at radius 3 is 1.88 bits per heavy atom. The molecule has 0 amide bonds. The molecule has 2 heterocycles. The molecule has 2 N–H and O–H groups in total. The molecule has 0 aliphatic carbocycles. The molecule has 1 aliphatic rings. The Morgan fingerprint density at radius 1 is 0.786 bits per heavy atom. The van der Waals surface area contributed by atoms with E-state index in [0.717, 1.165) is 33.8 Å². The van der Waals surface area contributed by atoms with Gasteiger partial charge in [-0.2, -0.15) is 4.99 Å². The first-order chi connectivity index (χ1) is 20.2. The summed E-state index contributed by atoms with van der Waals surface area (Å²) in [6.07, 6.45) is 0. The molecule has 0 saturated carbocycles. The van der Waals surface area contributed by atoms with Gasteiger partial charge in [0.25, 0.3) is 0 Å². The second-order valence-corrected chi connectivity index (χ2v) is 10.7. The van der Waals surface area contributed by atoms with Crippen molar-refractivity contribution in [1.29, 1.82) is 0 Å². The first-order valence-corrected chi connectivity index (χ1v) is 14.2. The average Bonchev–Trinajstić information content (AvgIpc) is 2.96. The summed E-state index contributed by atoms with van der Waals surface area (Å²) in [6.45, 7) is 8.45. The lowest BCUT2D eigenvalue weighted by Gasteiger charge is -2.40. The first-order valence-electron chi connectivity index (χ1n) is 13.8. The predicted molar refractivity (Wildman–Crippen MR) is 168 cm³/mol. The van der Waals surface area contributed by atoms with E-state index in [-0.39, 0.29) is 17.7 Å². The Balaban J connectivity index is 1.39. The maximum absolute atomic E-state index is 13.8. The zero-order chi connectivity index (χ0) is 29.6. The lowest BCUT2D eigenvalue weighted by atomic mass is 9.96. The third-order valence-corrected chi connectivity index (χ3v) is 7.34. The number of aliphatic imine (C=N–C) groups is 1. The smallest absolute Gasteiger partial charge is 0.229 e. The van der Waals surface area contributed by atoms with E-state index in [4.69, 9.17) is 17.2 Å². The fourth-order valence-corrected chi connectivity index (χ4v) is 5.30. The van der Waals surface area contributed by atoms with Crippen molar-refractivity contribution < 1.29 is 8.78 Å². The van der Waals surface area contributed by atoms with Gasteiger partial charge in [-0.3, -0.25) is 10.2 Å². The van der Waals surface area contributed by atoms with Gasteiger partial charge < -0.3 is 10.2 Å². The minimum Gasteiger partial charge on any atom is -0.340 e. The van der Waals surface area contributed by atoms with E-state index >= 15 is 0 Å². The van der Waals surface area contributed by atoms with Gasteiger partial charge in [-0.05, 0) is 86.1 Å². The van der Waals surface area contributed by atoms with Crippen LogP contribution >= 0.6 is 12.2 Å². The number of thiocarbonyl (C=S) groups is 1. The molecule has 216 valence electrons. The van der Waals surface area contributed by atoms with E-state index in [0.29, 0.717) is 43.2 Å². The van der Waals surface area contributed by atoms with Gasteiger partial charge in [-0.25, -0.2) is 18.7 Å². The molecule has 3 aromatic carbocycles. The van der Waals surface area contributed by atoms with Gasteiger partial charge in [-0.15, -0.1) is 0 Å². The number of piperazine rings is 1. The van der Waals surface area contributed by atoms with Crippen LogP contribution in [-0.4, -0.2) is 57.0 Å². The number of benzene rings is 3. The lowest BCUT2D eigenvalue weighted by molar-refractivity contribution is 0.150. The van der Waals surface area contributed by atoms with Crippen LogP contribution in [0.3, 0.4) is 0 Å². The van der Waals surface area contributed by atoms with Gasteiger partial charge in [0.15, 0.2) is 0 Å². The number of hydrogen-bond donors (Lipinski definition) is 2. The van der Waals surface area contributed by atoms with Gasteiger partial charge in [0.05, 0.1) is 6.04 Å². The van der Waals surface area contributed by atoms with Crippen LogP contribution in [0.5, 0.6) is 0 Å². The Labute approximate surface area is 250 Å². The van der Waals surface area contributed by atoms with Crippen LogP contribution in [0, 0.1) is 32.4 Å². The summed E-state index contributed by atoms with van der Waals surface area (Å²) in [5, 5.41) is 6.85. The van der Waals surface area contributed by atoms with Gasteiger partial charge in [0.1, 0.15) is 11.6 Å². The van der Waals surface area contributed by atoms with Crippen molar-refractivity contribution >= 4 is 34.9 Å². The summed E-state index contributed by atoms with van der Waals surface area (Å²) in [5.74, 6) is 0.406. The van der Waals surface area contributed by atoms with Crippen LogP contribution in [0.15, 0.2) is 83.9 Å². The van der Waals surface area contributed by atoms with E-state index in [2.05, 4.69) is 30.4 Å². The van der Waals surface area contributed by atoms with E-state index < -0.39 is 0 Å². The number of para-hydroxylation sites is 1. The second-order valence-electron chi connectivity index (χ2n) is 10.3. The van der Waals surface area contributed by atoms with Crippen molar-refractivity contribution in [2.24, 2.45) is 4.99 Å². The van der Waals surface area contributed by atoms with E-state index in [1.165, 1.54) is 24.3 Å². The van der Waals surface area contributed by atoms with Gasteiger partial charge >= 0.3 is 0 Å². The van der Waals surface area contributed by atoms with Crippen molar-refractivity contribution in [3.8, 4) is 0 Å². The summed E-state index contributed by atoms with van der Waals surface area (Å²) < 4.78 is 27.5. The number of anilines is 2. The van der Waals surface area contributed by atoms with Crippen LogP contribution in [0.2, 0.25) is 0 Å². The fraction of sp³-hybridized carbons (Fsp3) is 0.250. The largest absolute Gasteiger partial charge is 0.340 e. The fourth-order valence-electron chi connectivity index (χ4n) is 5.11. The van der Waals surface area contributed by atoms with Crippen molar-refractivity contribution in [3.63, 3.8) is 0 Å². The van der Waals surface area contributed by atoms with Gasteiger partial charge in [-0.1, -0.05) is 42.5 Å². The first kappa shape index (κ1) is 29.2. The zero-order valence-corrected chi connectivity index (χ0v) is 24.6. The molecule has 5 rings (SSSR count). The zero-order valence-electron chi connectivity index (χ0n) is 23.8. The van der Waals surface area contributed by atoms with Crippen molar-refractivity contribution in [1.82, 2.24) is 19.8 Å². The molecule has 7 nitrogen and oxygen atoms in total. The highest BCUT2D eigenvalue weighted by Gasteiger charge is 2.28. The van der Waals surface area contributed by atoms with E-state index in [9.17, 15) is 8.78 Å². The highest BCUT2D eigenvalue weighted by Crippen LogP contribution is 2.30. The molecule has 1 aromatic heterocycles. The summed E-state index contributed by atoms with van der Waals surface area (Å²) >= 11 is 5.64. The van der Waals surface area contributed by atoms with E-state index in [1.807, 2.05) is 51.1 Å². The second kappa shape index (κ2) is 13.1. The summed E-state index contributed by atoms with van der Waals surface area (Å²) in [7, 11) is 0. The molecule has 10 heteroatoms. The molecular formula is C32H33F2N7S. The van der Waals surface area contributed by atoms with Crippen LogP contribution < -0.4 is 10.6 Å². The molecule has 4 aromatic rings. The Morgan fingerprint density at radius 2 is 1.33 bits per heavy atom. The highest BCUT2D eigenvalue weighted by atomic mass is 32.1. The highest BCUT2D eigenvalue weighted by molar-refractivity contribution is 7.80. The molecule has 0 bridgehead atoms. The van der Waals surface area contributed by atoms with Gasteiger partial charge in [0, 0.05) is 43.3 Å². The molecule has 0 radical (unpaired) electrons. The third kappa shape index (κ3) is 7.32.